The van der Waals surface area contributed by atoms with Crippen molar-refractivity contribution in [3.05, 3.63) is 32.8 Å². The molecule has 1 saturated heterocycles. The summed E-state index contributed by atoms with van der Waals surface area (Å²) in [6, 6.07) is 1.55. The number of carbonyl (C=O) groups excluding carboxylic acids is 2. The number of ether oxygens (including phenoxy) is 1. The van der Waals surface area contributed by atoms with Gasteiger partial charge >= 0.3 is 6.09 Å². The Kier molecular flexibility index (Phi) is 8.10. The van der Waals surface area contributed by atoms with Crippen molar-refractivity contribution in [2.24, 2.45) is 5.73 Å². The topological polar surface area (TPSA) is 153 Å². The number of nitrogens with one attached hydrogen (secondary N) is 1. The standard InChI is InChI=1S/C21H27IN6O5/c1-3-9-33-20-14(10-12(22)11-24-20)19(30)25-16-15(4-2)28(26-17(16)18(23)29)13-5-7-27(8-6-13)21(31)32/h10-11,13H,3-9H2,1-2H3,(H2,23,29)(H,25,30)(H,31,32). The number of carbonyl (C=O) groups is 3. The first kappa shape index (κ1) is 24.7. The van der Waals surface area contributed by atoms with Crippen molar-refractivity contribution in [2.45, 2.75) is 45.6 Å². The van der Waals surface area contributed by atoms with E-state index in [1.54, 1.807) is 16.9 Å². The lowest BCUT2D eigenvalue weighted by Crippen LogP contribution is -2.38. The average Bonchev–Trinajstić information content (AvgIpc) is 3.16. The molecular weight excluding hydrogens is 543 g/mol. The van der Waals surface area contributed by atoms with Gasteiger partial charge in [-0.05, 0) is 54.3 Å². The summed E-state index contributed by atoms with van der Waals surface area (Å²) < 4.78 is 8.09. The number of primary amides is 1. The van der Waals surface area contributed by atoms with E-state index >= 15 is 0 Å². The van der Waals surface area contributed by atoms with E-state index in [0.717, 1.165) is 9.99 Å². The van der Waals surface area contributed by atoms with Gasteiger partial charge in [0.15, 0.2) is 5.69 Å². The van der Waals surface area contributed by atoms with Crippen LogP contribution in [0, 0.1) is 3.57 Å². The van der Waals surface area contributed by atoms with Gasteiger partial charge in [0.2, 0.25) is 5.88 Å². The monoisotopic (exact) mass is 570 g/mol. The summed E-state index contributed by atoms with van der Waals surface area (Å²) in [5, 5.41) is 16.4. The minimum absolute atomic E-state index is 0.0320. The molecule has 0 bridgehead atoms. The molecule has 0 spiro atoms. The third-order valence-corrected chi connectivity index (χ3v) is 5.99. The highest BCUT2D eigenvalue weighted by Gasteiger charge is 2.30. The fourth-order valence-electron chi connectivity index (χ4n) is 3.80. The molecule has 178 valence electrons. The van der Waals surface area contributed by atoms with Crippen LogP contribution in [0.25, 0.3) is 0 Å². The number of nitrogens with zero attached hydrogens (tertiary/aromatic N) is 4. The van der Waals surface area contributed by atoms with Crippen molar-refractivity contribution < 1.29 is 24.2 Å². The van der Waals surface area contributed by atoms with Gasteiger partial charge in [-0.3, -0.25) is 14.3 Å². The Labute approximate surface area is 204 Å². The number of likely N-dealkylation sites (tertiary alicyclic amines) is 1. The number of halogens is 1. The van der Waals surface area contributed by atoms with E-state index < -0.39 is 17.9 Å². The Balaban J connectivity index is 1.93. The zero-order valence-corrected chi connectivity index (χ0v) is 20.7. The number of hydrogen-bond acceptors (Lipinski definition) is 6. The van der Waals surface area contributed by atoms with E-state index in [1.165, 1.54) is 4.90 Å². The Morgan fingerprint density at radius 2 is 2.00 bits per heavy atom. The van der Waals surface area contributed by atoms with Gasteiger partial charge in [0, 0.05) is 22.9 Å². The maximum absolute atomic E-state index is 13.2. The molecule has 11 nitrogen and oxygen atoms in total. The summed E-state index contributed by atoms with van der Waals surface area (Å²) in [6.07, 6.45) is 2.98. The number of hydrogen-bond donors (Lipinski definition) is 3. The number of amides is 3. The lowest BCUT2D eigenvalue weighted by atomic mass is 10.0. The number of nitrogens with two attached hydrogens (primary N) is 1. The number of anilines is 1. The quantitative estimate of drug-likeness (QED) is 0.413. The second-order valence-corrected chi connectivity index (χ2v) is 8.89. The number of carboxylic acid groups (broad SMARTS) is 1. The lowest BCUT2D eigenvalue weighted by molar-refractivity contribution is 0.0994. The molecule has 0 saturated carbocycles. The zero-order valence-electron chi connectivity index (χ0n) is 18.5. The predicted molar refractivity (Wildman–Crippen MR) is 129 cm³/mol. The van der Waals surface area contributed by atoms with E-state index in [9.17, 15) is 19.5 Å². The summed E-state index contributed by atoms with van der Waals surface area (Å²) in [5.41, 5.74) is 6.71. The van der Waals surface area contributed by atoms with Gasteiger partial charge in [-0.2, -0.15) is 5.10 Å². The van der Waals surface area contributed by atoms with Crippen molar-refractivity contribution in [2.75, 3.05) is 25.0 Å². The van der Waals surface area contributed by atoms with Gasteiger partial charge in [0.1, 0.15) is 5.56 Å². The minimum Gasteiger partial charge on any atom is -0.477 e. The fraction of sp³-hybridized carbons (Fsp3) is 0.476. The predicted octanol–water partition coefficient (Wildman–Crippen LogP) is 2.90. The molecule has 0 unspecified atom stereocenters. The molecule has 2 aromatic heterocycles. The number of aromatic nitrogens is 3. The van der Waals surface area contributed by atoms with Crippen LogP contribution in [0.5, 0.6) is 5.88 Å². The maximum Gasteiger partial charge on any atom is 0.407 e. The van der Waals surface area contributed by atoms with Crippen LogP contribution < -0.4 is 15.8 Å². The highest BCUT2D eigenvalue weighted by Crippen LogP contribution is 2.31. The second kappa shape index (κ2) is 10.8. The average molecular weight is 570 g/mol. The second-order valence-electron chi connectivity index (χ2n) is 7.64. The van der Waals surface area contributed by atoms with Crippen LogP contribution >= 0.6 is 22.6 Å². The van der Waals surface area contributed by atoms with Crippen LogP contribution in [0.15, 0.2) is 12.3 Å². The summed E-state index contributed by atoms with van der Waals surface area (Å²) in [4.78, 5) is 42.2. The smallest absolute Gasteiger partial charge is 0.407 e. The summed E-state index contributed by atoms with van der Waals surface area (Å²) >= 11 is 2.06. The van der Waals surface area contributed by atoms with E-state index in [4.69, 9.17) is 10.5 Å². The molecule has 1 aliphatic heterocycles. The molecule has 4 N–H and O–H groups in total. The zero-order chi connectivity index (χ0) is 24.1. The van der Waals surface area contributed by atoms with Crippen LogP contribution in [0.4, 0.5) is 10.5 Å². The molecule has 0 aliphatic carbocycles. The van der Waals surface area contributed by atoms with E-state index in [-0.39, 0.29) is 28.9 Å². The van der Waals surface area contributed by atoms with E-state index in [0.29, 0.717) is 44.7 Å². The Morgan fingerprint density at radius 1 is 1.30 bits per heavy atom. The number of rotatable bonds is 8. The Morgan fingerprint density at radius 3 is 2.58 bits per heavy atom. The van der Waals surface area contributed by atoms with Gasteiger partial charge in [0.05, 0.1) is 24.0 Å². The maximum atomic E-state index is 13.2. The molecule has 2 aromatic rings. The third kappa shape index (κ3) is 5.54. The van der Waals surface area contributed by atoms with Crippen molar-refractivity contribution in [3.63, 3.8) is 0 Å². The number of pyridine rings is 1. The summed E-state index contributed by atoms with van der Waals surface area (Å²) in [6.45, 7) is 4.98. The SMILES string of the molecule is CCCOc1ncc(I)cc1C(=O)Nc1c(C(N)=O)nn(C2CCN(C(=O)O)CC2)c1CC. The number of piperidine rings is 1. The first-order valence-electron chi connectivity index (χ1n) is 10.8. The van der Waals surface area contributed by atoms with Crippen LogP contribution in [0.2, 0.25) is 0 Å². The lowest BCUT2D eigenvalue weighted by Gasteiger charge is -2.31. The summed E-state index contributed by atoms with van der Waals surface area (Å²) in [5.74, 6) is -1.03. The van der Waals surface area contributed by atoms with Gasteiger partial charge in [0.25, 0.3) is 11.8 Å². The van der Waals surface area contributed by atoms with Gasteiger partial charge in [-0.25, -0.2) is 9.78 Å². The highest BCUT2D eigenvalue weighted by atomic mass is 127. The van der Waals surface area contributed by atoms with Crippen LogP contribution in [-0.2, 0) is 6.42 Å². The third-order valence-electron chi connectivity index (χ3n) is 5.40. The van der Waals surface area contributed by atoms with E-state index in [1.807, 2.05) is 13.8 Å². The Bertz CT molecular complexity index is 1050. The Hall–Kier alpha value is -2.90. The first-order valence-corrected chi connectivity index (χ1v) is 11.8. The molecule has 1 aliphatic rings. The molecule has 0 aromatic carbocycles. The first-order chi connectivity index (χ1) is 15.8. The largest absolute Gasteiger partial charge is 0.477 e. The molecule has 1 fully saturated rings. The molecule has 3 heterocycles. The van der Waals surface area contributed by atoms with Gasteiger partial charge < -0.3 is 25.8 Å². The van der Waals surface area contributed by atoms with Crippen molar-refractivity contribution in [1.82, 2.24) is 19.7 Å². The molecule has 33 heavy (non-hydrogen) atoms. The van der Waals surface area contributed by atoms with Crippen LogP contribution in [0.3, 0.4) is 0 Å². The molecule has 3 amide bonds. The normalized spacial score (nSPS) is 14.2. The van der Waals surface area contributed by atoms with E-state index in [2.05, 4.69) is 38.0 Å². The van der Waals surface area contributed by atoms with Crippen molar-refractivity contribution in [3.8, 4) is 5.88 Å². The van der Waals surface area contributed by atoms with Crippen molar-refractivity contribution in [1.29, 1.82) is 0 Å². The van der Waals surface area contributed by atoms with Gasteiger partial charge in [-0.1, -0.05) is 13.8 Å². The molecule has 3 rings (SSSR count). The van der Waals surface area contributed by atoms with Crippen molar-refractivity contribution >= 4 is 46.2 Å². The molecule has 0 radical (unpaired) electrons. The summed E-state index contributed by atoms with van der Waals surface area (Å²) in [7, 11) is 0. The fourth-order valence-corrected chi connectivity index (χ4v) is 4.25. The molecular formula is C21H27IN6O5. The van der Waals surface area contributed by atoms with Crippen LogP contribution in [0.1, 0.15) is 65.7 Å². The molecule has 12 heteroatoms. The van der Waals surface area contributed by atoms with Crippen LogP contribution in [-0.4, -0.2) is 62.4 Å². The minimum atomic E-state index is -0.956. The highest BCUT2D eigenvalue weighted by molar-refractivity contribution is 14.1. The van der Waals surface area contributed by atoms with Gasteiger partial charge in [-0.15, -0.1) is 0 Å². The molecule has 0 atom stereocenters.